The van der Waals surface area contributed by atoms with Crippen LogP contribution in [0, 0.1) is 11.3 Å². The molecule has 0 aromatic heterocycles. The van der Waals surface area contributed by atoms with E-state index in [4.69, 9.17) is 13.9 Å². The second-order valence-corrected chi connectivity index (χ2v) is 11.0. The van der Waals surface area contributed by atoms with E-state index in [0.29, 0.717) is 12.3 Å². The lowest BCUT2D eigenvalue weighted by Crippen LogP contribution is -2.58. The van der Waals surface area contributed by atoms with Gasteiger partial charge in [0.15, 0.2) is 12.1 Å². The van der Waals surface area contributed by atoms with Crippen molar-refractivity contribution in [1.82, 2.24) is 0 Å². The molecule has 0 spiro atoms. The molecule has 0 amide bonds. The Labute approximate surface area is 170 Å². The molecule has 152 valence electrons. The predicted molar refractivity (Wildman–Crippen MR) is 114 cm³/mol. The molecule has 2 aromatic rings. The summed E-state index contributed by atoms with van der Waals surface area (Å²) in [4.78, 5) is 0. The van der Waals surface area contributed by atoms with Crippen LogP contribution in [0.2, 0.25) is 0 Å². The Morgan fingerprint density at radius 2 is 1.57 bits per heavy atom. The predicted octanol–water partition coefficient (Wildman–Crippen LogP) is 2.68. The van der Waals surface area contributed by atoms with Crippen molar-refractivity contribution in [3.8, 4) is 0 Å². The van der Waals surface area contributed by atoms with Gasteiger partial charge in [-0.2, -0.15) is 0 Å². The Balaban J connectivity index is 1.96. The lowest BCUT2D eigenvalue weighted by Gasteiger charge is -2.48. The van der Waals surface area contributed by atoms with Gasteiger partial charge in [0.1, 0.15) is 0 Å². The summed E-state index contributed by atoms with van der Waals surface area (Å²) in [7, 11) is -0.415. The van der Waals surface area contributed by atoms with E-state index < -0.39 is 14.8 Å². The fraction of sp³-hybridized carbons (Fsp3) is 0.478. The van der Waals surface area contributed by atoms with Crippen molar-refractivity contribution in [1.29, 1.82) is 0 Å². The first-order valence-electron chi connectivity index (χ1n) is 9.96. The fourth-order valence-electron chi connectivity index (χ4n) is 3.84. The van der Waals surface area contributed by atoms with E-state index in [1.807, 2.05) is 36.4 Å². The molecule has 0 unspecified atom stereocenters. The molecule has 4 nitrogen and oxygen atoms in total. The lowest BCUT2D eigenvalue weighted by atomic mass is 9.74. The van der Waals surface area contributed by atoms with Crippen molar-refractivity contribution in [2.75, 3.05) is 13.7 Å². The van der Waals surface area contributed by atoms with Gasteiger partial charge in [0.05, 0.1) is 6.61 Å². The van der Waals surface area contributed by atoms with Gasteiger partial charge in [-0.1, -0.05) is 81.4 Å². The Kier molecular flexibility index (Phi) is 6.73. The minimum atomic E-state index is -2.07. The second-order valence-electron chi connectivity index (χ2n) is 8.67. The van der Waals surface area contributed by atoms with Gasteiger partial charge in [0.2, 0.25) is 9.04 Å². The maximum atomic E-state index is 10.4. The molecule has 1 aliphatic rings. The van der Waals surface area contributed by atoms with Crippen LogP contribution >= 0.6 is 0 Å². The van der Waals surface area contributed by atoms with Crippen molar-refractivity contribution in [2.45, 2.75) is 45.7 Å². The third-order valence-corrected chi connectivity index (χ3v) is 8.29. The molecule has 3 rings (SSSR count). The molecule has 2 aromatic carbocycles. The van der Waals surface area contributed by atoms with Gasteiger partial charge >= 0.3 is 0 Å². The molecule has 1 saturated heterocycles. The zero-order chi connectivity index (χ0) is 20.2. The summed E-state index contributed by atoms with van der Waals surface area (Å²) in [6, 6.07) is 20.6. The van der Waals surface area contributed by atoms with Crippen LogP contribution in [0.25, 0.3) is 0 Å². The Hall–Kier alpha value is -1.50. The largest absolute Gasteiger partial charge is 0.391 e. The first kappa shape index (κ1) is 21.2. The zero-order valence-electron chi connectivity index (χ0n) is 17.3. The highest BCUT2D eigenvalue weighted by Gasteiger charge is 2.47. The van der Waals surface area contributed by atoms with E-state index in [0.717, 1.165) is 16.8 Å². The summed E-state index contributed by atoms with van der Waals surface area (Å²) in [5, 5.41) is 12.7. The molecule has 0 aliphatic carbocycles. The molecular formula is C23H32O4Si. The number of ether oxygens (including phenoxy) is 2. The van der Waals surface area contributed by atoms with E-state index in [9.17, 15) is 5.11 Å². The highest BCUT2D eigenvalue weighted by atomic mass is 28.3. The maximum Gasteiger partial charge on any atom is 0.243 e. The molecule has 0 radical (unpaired) electrons. The third-order valence-electron chi connectivity index (χ3n) is 5.65. The monoisotopic (exact) mass is 400 g/mol. The van der Waals surface area contributed by atoms with Crippen LogP contribution in [-0.2, 0) is 13.9 Å². The number of aliphatic hydroxyl groups excluding tert-OH is 1. The standard InChI is InChI=1S/C23H32O4Si/c1-22(2,3)18-15-21(25-4)26-23(16-18,17-24)27-28(19-11-7-5-8-12-19)20-13-9-6-10-14-20/h5-14,18,21,24,28H,15-17H2,1-4H3/t18-,21+,23+/m1/s1. The van der Waals surface area contributed by atoms with Crippen molar-refractivity contribution >= 4 is 19.4 Å². The van der Waals surface area contributed by atoms with Crippen LogP contribution in [0.4, 0.5) is 0 Å². The highest BCUT2D eigenvalue weighted by Crippen LogP contribution is 2.43. The summed E-state index contributed by atoms with van der Waals surface area (Å²) >= 11 is 0. The molecule has 0 bridgehead atoms. The van der Waals surface area contributed by atoms with E-state index >= 15 is 0 Å². The number of rotatable bonds is 6. The average molecular weight is 401 g/mol. The number of benzene rings is 2. The van der Waals surface area contributed by atoms with Gasteiger partial charge in [-0.25, -0.2) is 0 Å². The summed E-state index contributed by atoms with van der Waals surface area (Å²) < 4.78 is 18.5. The summed E-state index contributed by atoms with van der Waals surface area (Å²) in [6.45, 7) is 6.48. The van der Waals surface area contributed by atoms with E-state index in [2.05, 4.69) is 45.0 Å². The van der Waals surface area contributed by atoms with Gasteiger partial charge in [-0.05, 0) is 21.7 Å². The van der Waals surface area contributed by atoms with E-state index in [-0.39, 0.29) is 18.3 Å². The fourth-order valence-corrected chi connectivity index (χ4v) is 6.30. The molecule has 1 aliphatic heterocycles. The molecule has 0 saturated carbocycles. The van der Waals surface area contributed by atoms with Gasteiger partial charge in [0, 0.05) is 20.0 Å². The van der Waals surface area contributed by atoms with E-state index in [1.54, 1.807) is 7.11 Å². The Morgan fingerprint density at radius 1 is 1.04 bits per heavy atom. The van der Waals surface area contributed by atoms with Gasteiger partial charge in [0.25, 0.3) is 0 Å². The van der Waals surface area contributed by atoms with Crippen molar-refractivity contribution in [3.05, 3.63) is 60.7 Å². The normalized spacial score (nSPS) is 25.8. The molecule has 1 heterocycles. The van der Waals surface area contributed by atoms with Crippen LogP contribution in [0.5, 0.6) is 0 Å². The summed E-state index contributed by atoms with van der Waals surface area (Å²) in [5.74, 6) is -0.737. The van der Waals surface area contributed by atoms with Crippen LogP contribution in [0.1, 0.15) is 33.6 Å². The molecule has 1 N–H and O–H groups in total. The first-order valence-corrected chi connectivity index (χ1v) is 11.6. The lowest BCUT2D eigenvalue weighted by molar-refractivity contribution is -0.323. The Morgan fingerprint density at radius 3 is 2.00 bits per heavy atom. The van der Waals surface area contributed by atoms with Crippen LogP contribution in [-0.4, -0.2) is 39.9 Å². The second kappa shape index (κ2) is 8.89. The first-order chi connectivity index (χ1) is 13.4. The van der Waals surface area contributed by atoms with Crippen molar-refractivity contribution in [2.24, 2.45) is 11.3 Å². The van der Waals surface area contributed by atoms with Gasteiger partial charge < -0.3 is 19.0 Å². The molecule has 3 atom stereocenters. The minimum Gasteiger partial charge on any atom is -0.391 e. The highest BCUT2D eigenvalue weighted by molar-refractivity contribution is 6.80. The summed E-state index contributed by atoms with van der Waals surface area (Å²) in [6.07, 6.45) is 1.07. The summed E-state index contributed by atoms with van der Waals surface area (Å²) in [5.41, 5.74) is 0.0703. The molecule has 5 heteroatoms. The number of methoxy groups -OCH3 is 1. The van der Waals surface area contributed by atoms with Gasteiger partial charge in [-0.15, -0.1) is 0 Å². The molecule has 1 fully saturated rings. The quantitative estimate of drug-likeness (QED) is 0.758. The average Bonchev–Trinajstić information content (AvgIpc) is 2.72. The Bertz CT molecular complexity index is 692. The maximum absolute atomic E-state index is 10.4. The SMILES string of the molecule is CO[C@@H]1C[C@@H](C(C)(C)C)C[C@@](CO)(O[SiH](c2ccccc2)c2ccccc2)O1. The number of aliphatic hydroxyl groups is 1. The van der Waals surface area contributed by atoms with Crippen LogP contribution in [0.15, 0.2) is 60.7 Å². The smallest absolute Gasteiger partial charge is 0.243 e. The topological polar surface area (TPSA) is 47.9 Å². The number of hydrogen-bond donors (Lipinski definition) is 1. The number of hydrogen-bond acceptors (Lipinski definition) is 4. The van der Waals surface area contributed by atoms with Gasteiger partial charge in [-0.3, -0.25) is 0 Å². The van der Waals surface area contributed by atoms with Crippen LogP contribution < -0.4 is 10.4 Å². The molecular weight excluding hydrogens is 368 g/mol. The van der Waals surface area contributed by atoms with Crippen molar-refractivity contribution < 1.29 is 19.0 Å². The third kappa shape index (κ3) is 4.91. The van der Waals surface area contributed by atoms with Crippen molar-refractivity contribution in [3.63, 3.8) is 0 Å². The zero-order valence-corrected chi connectivity index (χ0v) is 18.5. The molecule has 28 heavy (non-hydrogen) atoms. The van der Waals surface area contributed by atoms with Crippen LogP contribution in [0.3, 0.4) is 0 Å². The van der Waals surface area contributed by atoms with E-state index in [1.165, 1.54) is 0 Å². The minimum absolute atomic E-state index is 0.0703.